The fourth-order valence-electron chi connectivity index (χ4n) is 2.90. The molecule has 3 N–H and O–H groups in total. The van der Waals surface area contributed by atoms with Crippen molar-refractivity contribution in [1.29, 1.82) is 0 Å². The predicted molar refractivity (Wildman–Crippen MR) is 126 cm³/mol. The molecule has 0 aromatic carbocycles. The Hall–Kier alpha value is -0.580. The number of hydrogen-bond donors (Lipinski definition) is 3. The Labute approximate surface area is 184 Å². The van der Waals surface area contributed by atoms with Gasteiger partial charge in [-0.05, 0) is 43.2 Å². The number of ether oxygens (including phenoxy) is 1. The lowest BCUT2D eigenvalue weighted by Crippen LogP contribution is -2.49. The highest BCUT2D eigenvalue weighted by molar-refractivity contribution is 14.0. The third-order valence-electron chi connectivity index (χ3n) is 4.22. The van der Waals surface area contributed by atoms with Crippen LogP contribution in [0.3, 0.4) is 0 Å². The number of nitrogens with one attached hydrogen (secondary N) is 2. The van der Waals surface area contributed by atoms with Gasteiger partial charge < -0.3 is 25.4 Å². The molecule has 0 saturated carbocycles. The first-order valence-electron chi connectivity index (χ1n) is 9.67. The van der Waals surface area contributed by atoms with Crippen LogP contribution in [-0.4, -0.2) is 62.6 Å². The number of halogens is 1. The van der Waals surface area contributed by atoms with Gasteiger partial charge in [-0.3, -0.25) is 4.99 Å². The molecule has 1 atom stereocenters. The lowest BCUT2D eigenvalue weighted by atomic mass is 10.1. The molecular formula is C19H35IN4O2S. The van der Waals surface area contributed by atoms with Crippen molar-refractivity contribution < 1.29 is 9.84 Å². The number of piperidine rings is 1. The van der Waals surface area contributed by atoms with Gasteiger partial charge in [-0.15, -0.1) is 35.3 Å². The molecular weight excluding hydrogens is 475 g/mol. The summed E-state index contributed by atoms with van der Waals surface area (Å²) in [5.74, 6) is 1.26. The second-order valence-electron chi connectivity index (χ2n) is 7.16. The number of hydrogen-bond acceptors (Lipinski definition) is 5. The van der Waals surface area contributed by atoms with E-state index in [-0.39, 0.29) is 24.0 Å². The summed E-state index contributed by atoms with van der Waals surface area (Å²) in [5, 5.41) is 20.3. The third-order valence-corrected chi connectivity index (χ3v) is 5.15. The van der Waals surface area contributed by atoms with E-state index in [1.165, 1.54) is 5.00 Å². The lowest BCUT2D eigenvalue weighted by Gasteiger charge is -2.33. The van der Waals surface area contributed by atoms with Crippen molar-refractivity contribution in [3.05, 3.63) is 17.5 Å². The standard InChI is InChI=1S/C19H34N4O2S.HI/c1-4-20-19(21-12-17(24)14-25-13-15(2)3)22-16-7-9-23(10-8-16)18-6-5-11-26-18;/h5-6,11,15-17,24H,4,7-10,12-14H2,1-3H3,(H2,20,21,22);1H. The molecule has 2 rings (SSSR count). The van der Waals surface area contributed by atoms with Gasteiger partial charge in [-0.2, -0.15) is 0 Å². The number of thiophene rings is 1. The SMILES string of the molecule is CCNC(=NCC(O)COCC(C)C)NC1CCN(c2cccs2)CC1.I. The number of nitrogens with zero attached hydrogens (tertiary/aromatic N) is 2. The number of aliphatic hydroxyl groups excluding tert-OH is 1. The van der Waals surface area contributed by atoms with E-state index in [9.17, 15) is 5.11 Å². The summed E-state index contributed by atoms with van der Waals surface area (Å²) in [5.41, 5.74) is 0. The summed E-state index contributed by atoms with van der Waals surface area (Å²) in [4.78, 5) is 6.97. The van der Waals surface area contributed by atoms with Crippen LogP contribution in [0.1, 0.15) is 33.6 Å². The van der Waals surface area contributed by atoms with E-state index in [0.717, 1.165) is 38.4 Å². The van der Waals surface area contributed by atoms with Crippen LogP contribution >= 0.6 is 35.3 Å². The Kier molecular flexibility index (Phi) is 12.3. The van der Waals surface area contributed by atoms with E-state index in [1.807, 2.05) is 0 Å². The van der Waals surface area contributed by atoms with Gasteiger partial charge in [0.2, 0.25) is 0 Å². The Morgan fingerprint density at radius 2 is 2.11 bits per heavy atom. The smallest absolute Gasteiger partial charge is 0.191 e. The molecule has 27 heavy (non-hydrogen) atoms. The van der Waals surface area contributed by atoms with Crippen LogP contribution in [0.4, 0.5) is 5.00 Å². The van der Waals surface area contributed by atoms with E-state index < -0.39 is 6.10 Å². The van der Waals surface area contributed by atoms with E-state index >= 15 is 0 Å². The molecule has 1 aromatic heterocycles. The van der Waals surface area contributed by atoms with Crippen LogP contribution in [0.15, 0.2) is 22.5 Å². The Bertz CT molecular complexity index is 520. The molecule has 0 amide bonds. The first-order chi connectivity index (χ1) is 12.6. The summed E-state index contributed by atoms with van der Waals surface area (Å²) < 4.78 is 5.48. The van der Waals surface area contributed by atoms with Crippen LogP contribution in [0.2, 0.25) is 0 Å². The average Bonchev–Trinajstić information content (AvgIpc) is 3.15. The zero-order chi connectivity index (χ0) is 18.8. The van der Waals surface area contributed by atoms with Crippen molar-refractivity contribution >= 4 is 46.3 Å². The number of anilines is 1. The highest BCUT2D eigenvalue weighted by atomic mass is 127. The molecule has 1 unspecified atom stereocenters. The molecule has 6 nitrogen and oxygen atoms in total. The fraction of sp³-hybridized carbons (Fsp3) is 0.737. The highest BCUT2D eigenvalue weighted by Crippen LogP contribution is 2.24. The molecule has 0 bridgehead atoms. The van der Waals surface area contributed by atoms with E-state index in [0.29, 0.717) is 31.7 Å². The summed E-state index contributed by atoms with van der Waals surface area (Å²) in [6.07, 6.45) is 1.61. The van der Waals surface area contributed by atoms with Gasteiger partial charge in [0.15, 0.2) is 5.96 Å². The van der Waals surface area contributed by atoms with Crippen LogP contribution in [0.25, 0.3) is 0 Å². The number of aliphatic imine (C=N–C) groups is 1. The predicted octanol–water partition coefficient (Wildman–Crippen LogP) is 2.92. The van der Waals surface area contributed by atoms with E-state index in [2.05, 4.69) is 58.8 Å². The molecule has 156 valence electrons. The molecule has 1 aliphatic rings. The zero-order valence-corrected chi connectivity index (χ0v) is 19.8. The molecule has 2 heterocycles. The molecule has 0 radical (unpaired) electrons. The number of aliphatic hydroxyl groups is 1. The third kappa shape index (κ3) is 9.45. The van der Waals surface area contributed by atoms with Crippen LogP contribution in [-0.2, 0) is 4.74 Å². The average molecular weight is 510 g/mol. The molecule has 1 fully saturated rings. The van der Waals surface area contributed by atoms with Crippen molar-refractivity contribution in [2.75, 3.05) is 44.3 Å². The van der Waals surface area contributed by atoms with E-state index in [1.54, 1.807) is 11.3 Å². The van der Waals surface area contributed by atoms with Crippen molar-refractivity contribution in [1.82, 2.24) is 10.6 Å². The summed E-state index contributed by atoms with van der Waals surface area (Å²) in [7, 11) is 0. The van der Waals surface area contributed by atoms with Gasteiger partial charge in [-0.25, -0.2) is 0 Å². The minimum Gasteiger partial charge on any atom is -0.389 e. The van der Waals surface area contributed by atoms with Crippen molar-refractivity contribution in [3.63, 3.8) is 0 Å². The van der Waals surface area contributed by atoms with Crippen LogP contribution < -0.4 is 15.5 Å². The normalized spacial score (nSPS) is 16.9. The number of rotatable bonds is 9. The maximum Gasteiger partial charge on any atom is 0.191 e. The van der Waals surface area contributed by atoms with Gasteiger partial charge in [0, 0.05) is 32.3 Å². The maximum atomic E-state index is 10.0. The van der Waals surface area contributed by atoms with Crippen LogP contribution in [0, 0.1) is 5.92 Å². The van der Waals surface area contributed by atoms with Crippen LogP contribution in [0.5, 0.6) is 0 Å². The first kappa shape index (κ1) is 24.5. The molecule has 1 aromatic rings. The highest BCUT2D eigenvalue weighted by Gasteiger charge is 2.20. The maximum absolute atomic E-state index is 10.0. The van der Waals surface area contributed by atoms with Crippen molar-refractivity contribution in [2.24, 2.45) is 10.9 Å². The quantitative estimate of drug-likeness (QED) is 0.271. The molecule has 0 spiro atoms. The monoisotopic (exact) mass is 510 g/mol. The van der Waals surface area contributed by atoms with Gasteiger partial charge in [0.1, 0.15) is 0 Å². The second-order valence-corrected chi connectivity index (χ2v) is 8.09. The van der Waals surface area contributed by atoms with Gasteiger partial charge >= 0.3 is 0 Å². The minimum atomic E-state index is -0.565. The topological polar surface area (TPSA) is 69.1 Å². The molecule has 8 heteroatoms. The summed E-state index contributed by atoms with van der Waals surface area (Å²) in [6, 6.07) is 4.71. The van der Waals surface area contributed by atoms with Crippen molar-refractivity contribution in [2.45, 2.75) is 45.8 Å². The Balaban J connectivity index is 0.00000364. The Morgan fingerprint density at radius 3 is 2.70 bits per heavy atom. The summed E-state index contributed by atoms with van der Waals surface area (Å²) >= 11 is 1.80. The van der Waals surface area contributed by atoms with Gasteiger partial charge in [-0.1, -0.05) is 13.8 Å². The molecule has 1 saturated heterocycles. The molecule has 1 aliphatic heterocycles. The first-order valence-corrected chi connectivity index (χ1v) is 10.6. The van der Waals surface area contributed by atoms with Gasteiger partial charge in [0.25, 0.3) is 0 Å². The van der Waals surface area contributed by atoms with E-state index in [4.69, 9.17) is 4.74 Å². The second kappa shape index (κ2) is 13.6. The minimum absolute atomic E-state index is 0. The summed E-state index contributed by atoms with van der Waals surface area (Å²) in [6.45, 7) is 10.5. The van der Waals surface area contributed by atoms with Crippen molar-refractivity contribution in [3.8, 4) is 0 Å². The Morgan fingerprint density at radius 1 is 1.37 bits per heavy atom. The number of guanidine groups is 1. The largest absolute Gasteiger partial charge is 0.389 e. The lowest BCUT2D eigenvalue weighted by molar-refractivity contribution is 0.0301. The zero-order valence-electron chi connectivity index (χ0n) is 16.7. The van der Waals surface area contributed by atoms with Gasteiger partial charge in [0.05, 0.1) is 24.3 Å². The fourth-order valence-corrected chi connectivity index (χ4v) is 3.68. The molecule has 0 aliphatic carbocycles.